The van der Waals surface area contributed by atoms with Crippen molar-refractivity contribution in [3.05, 3.63) is 82.5 Å². The SMILES string of the molecule is Cc1c(Cl)cccc1-c1cccc(COc2ccc3c(CC(=O)O)n(C)c(O)c3c2)c1. The number of nitrogens with zero attached hydrogens (tertiary/aromatic N) is 1. The van der Waals surface area contributed by atoms with Gasteiger partial charge in [0.2, 0.25) is 0 Å². The molecular weight excluding hydrogens is 414 g/mol. The van der Waals surface area contributed by atoms with E-state index in [2.05, 4.69) is 6.07 Å². The second kappa shape index (κ2) is 8.36. The van der Waals surface area contributed by atoms with Gasteiger partial charge >= 0.3 is 5.97 Å². The molecule has 5 nitrogen and oxygen atoms in total. The quantitative estimate of drug-likeness (QED) is 0.406. The lowest BCUT2D eigenvalue weighted by atomic mass is 9.99. The fourth-order valence-corrected chi connectivity index (χ4v) is 3.99. The molecular formula is C25H22ClNO4. The van der Waals surface area contributed by atoms with Crippen molar-refractivity contribution in [2.45, 2.75) is 20.0 Å². The van der Waals surface area contributed by atoms with Crippen LogP contribution in [-0.4, -0.2) is 20.7 Å². The van der Waals surface area contributed by atoms with Crippen molar-refractivity contribution in [3.63, 3.8) is 0 Å². The molecule has 0 spiro atoms. The Morgan fingerprint density at radius 1 is 1.06 bits per heavy atom. The summed E-state index contributed by atoms with van der Waals surface area (Å²) >= 11 is 6.27. The first kappa shape index (κ1) is 20.8. The number of aliphatic carboxylic acids is 1. The van der Waals surface area contributed by atoms with Crippen LogP contribution in [0.3, 0.4) is 0 Å². The number of ether oxygens (including phenoxy) is 1. The average Bonchev–Trinajstić information content (AvgIpc) is 2.98. The fourth-order valence-electron chi connectivity index (χ4n) is 3.81. The summed E-state index contributed by atoms with van der Waals surface area (Å²) in [7, 11) is 1.65. The van der Waals surface area contributed by atoms with E-state index in [0.29, 0.717) is 28.8 Å². The highest BCUT2D eigenvalue weighted by Crippen LogP contribution is 2.34. The summed E-state index contributed by atoms with van der Waals surface area (Å²) < 4.78 is 7.47. The Morgan fingerprint density at radius 2 is 1.84 bits per heavy atom. The number of rotatable bonds is 6. The molecule has 158 valence electrons. The number of carboxylic acid groups (broad SMARTS) is 1. The Kier molecular flexibility index (Phi) is 5.61. The van der Waals surface area contributed by atoms with Gasteiger partial charge in [-0.15, -0.1) is 0 Å². The molecule has 0 atom stereocenters. The van der Waals surface area contributed by atoms with Crippen LogP contribution in [0.2, 0.25) is 5.02 Å². The zero-order chi connectivity index (χ0) is 22.1. The summed E-state index contributed by atoms with van der Waals surface area (Å²) in [6.07, 6.45) is -0.163. The monoisotopic (exact) mass is 435 g/mol. The molecule has 0 saturated heterocycles. The highest BCUT2D eigenvalue weighted by atomic mass is 35.5. The highest BCUT2D eigenvalue weighted by molar-refractivity contribution is 6.31. The van der Waals surface area contributed by atoms with Gasteiger partial charge in [0, 0.05) is 28.5 Å². The third kappa shape index (κ3) is 4.09. The molecule has 0 aliphatic carbocycles. The molecule has 2 N–H and O–H groups in total. The van der Waals surface area contributed by atoms with E-state index in [1.807, 2.05) is 43.3 Å². The molecule has 0 amide bonds. The summed E-state index contributed by atoms with van der Waals surface area (Å²) in [6, 6.07) is 19.3. The Balaban J connectivity index is 1.58. The lowest BCUT2D eigenvalue weighted by Gasteiger charge is -2.11. The first-order valence-corrected chi connectivity index (χ1v) is 10.2. The van der Waals surface area contributed by atoms with Gasteiger partial charge in [-0.1, -0.05) is 41.9 Å². The van der Waals surface area contributed by atoms with Gasteiger partial charge in [-0.25, -0.2) is 0 Å². The second-order valence-corrected chi connectivity index (χ2v) is 7.92. The van der Waals surface area contributed by atoms with Crippen LogP contribution in [0.15, 0.2) is 60.7 Å². The van der Waals surface area contributed by atoms with Crippen molar-refractivity contribution in [2.24, 2.45) is 7.05 Å². The average molecular weight is 436 g/mol. The first-order chi connectivity index (χ1) is 14.8. The summed E-state index contributed by atoms with van der Waals surface area (Å²) in [4.78, 5) is 11.1. The molecule has 0 bridgehead atoms. The van der Waals surface area contributed by atoms with Crippen LogP contribution in [-0.2, 0) is 24.9 Å². The normalized spacial score (nSPS) is 11.1. The smallest absolute Gasteiger partial charge is 0.309 e. The summed E-state index contributed by atoms with van der Waals surface area (Å²) in [5.41, 5.74) is 4.73. The van der Waals surface area contributed by atoms with E-state index in [9.17, 15) is 9.90 Å². The van der Waals surface area contributed by atoms with Crippen LogP contribution in [0.5, 0.6) is 11.6 Å². The topological polar surface area (TPSA) is 71.7 Å². The molecule has 0 aliphatic heterocycles. The van der Waals surface area contributed by atoms with Crippen LogP contribution in [0.1, 0.15) is 16.8 Å². The third-order valence-corrected chi connectivity index (χ3v) is 5.90. The van der Waals surface area contributed by atoms with E-state index < -0.39 is 5.97 Å². The number of hydrogen-bond acceptors (Lipinski definition) is 3. The number of hydrogen-bond donors (Lipinski definition) is 2. The third-order valence-electron chi connectivity index (χ3n) is 5.50. The van der Waals surface area contributed by atoms with Crippen LogP contribution in [0.25, 0.3) is 21.9 Å². The summed E-state index contributed by atoms with van der Waals surface area (Å²) in [6.45, 7) is 2.36. The van der Waals surface area contributed by atoms with Crippen molar-refractivity contribution in [1.82, 2.24) is 4.57 Å². The van der Waals surface area contributed by atoms with Gasteiger partial charge < -0.3 is 19.5 Å². The second-order valence-electron chi connectivity index (χ2n) is 7.51. The molecule has 0 aliphatic rings. The van der Waals surface area contributed by atoms with Crippen molar-refractivity contribution in [1.29, 1.82) is 0 Å². The number of benzene rings is 3. The van der Waals surface area contributed by atoms with E-state index in [1.54, 1.807) is 25.2 Å². The zero-order valence-electron chi connectivity index (χ0n) is 17.2. The summed E-state index contributed by atoms with van der Waals surface area (Å²) in [5.74, 6) is -0.326. The molecule has 0 fully saturated rings. The van der Waals surface area contributed by atoms with E-state index in [0.717, 1.165) is 27.3 Å². The molecule has 3 aromatic carbocycles. The standard InChI is InChI=1S/C25H22ClNO4/c1-15-19(7-4-8-22(15)26)17-6-3-5-16(11-17)14-31-18-9-10-20-21(12-18)25(30)27(2)23(20)13-24(28)29/h3-12,30H,13-14H2,1-2H3,(H,28,29). The minimum atomic E-state index is -0.947. The lowest BCUT2D eigenvalue weighted by Crippen LogP contribution is -2.05. The number of carboxylic acids is 1. The molecule has 0 unspecified atom stereocenters. The van der Waals surface area contributed by atoms with Crippen LogP contribution in [0.4, 0.5) is 0 Å². The highest BCUT2D eigenvalue weighted by Gasteiger charge is 2.17. The maximum absolute atomic E-state index is 11.1. The van der Waals surface area contributed by atoms with Crippen molar-refractivity contribution < 1.29 is 19.7 Å². The number of carbonyl (C=O) groups is 1. The molecule has 0 radical (unpaired) electrons. The maximum atomic E-state index is 11.1. The molecule has 0 saturated carbocycles. The van der Waals surface area contributed by atoms with Gasteiger partial charge in [0.15, 0.2) is 5.88 Å². The minimum Gasteiger partial charge on any atom is -0.494 e. The van der Waals surface area contributed by atoms with E-state index in [4.69, 9.17) is 21.4 Å². The zero-order valence-corrected chi connectivity index (χ0v) is 18.0. The van der Waals surface area contributed by atoms with Crippen molar-refractivity contribution >= 4 is 28.3 Å². The molecule has 4 aromatic rings. The molecule has 6 heteroatoms. The van der Waals surface area contributed by atoms with Gasteiger partial charge in [-0.05, 0) is 59.5 Å². The number of fused-ring (bicyclic) bond motifs is 1. The number of aromatic nitrogens is 1. The predicted octanol–water partition coefficient (Wildman–Crippen LogP) is 5.72. The van der Waals surface area contributed by atoms with Crippen LogP contribution >= 0.6 is 11.6 Å². The van der Waals surface area contributed by atoms with Crippen molar-refractivity contribution in [2.75, 3.05) is 0 Å². The Bertz CT molecular complexity index is 1290. The van der Waals surface area contributed by atoms with E-state index in [1.165, 1.54) is 4.57 Å². The molecule has 1 aromatic heterocycles. The van der Waals surface area contributed by atoms with Gasteiger partial charge in [0.1, 0.15) is 12.4 Å². The van der Waals surface area contributed by atoms with Crippen LogP contribution < -0.4 is 4.74 Å². The summed E-state index contributed by atoms with van der Waals surface area (Å²) in [5, 5.41) is 21.6. The van der Waals surface area contributed by atoms with Gasteiger partial charge in [0.05, 0.1) is 6.42 Å². The largest absolute Gasteiger partial charge is 0.494 e. The van der Waals surface area contributed by atoms with Crippen molar-refractivity contribution in [3.8, 4) is 22.8 Å². The van der Waals surface area contributed by atoms with Gasteiger partial charge in [0.25, 0.3) is 0 Å². The molecule has 31 heavy (non-hydrogen) atoms. The minimum absolute atomic E-state index is 0.0233. The molecule has 1 heterocycles. The Hall–Kier alpha value is -3.44. The van der Waals surface area contributed by atoms with E-state index in [-0.39, 0.29) is 12.3 Å². The van der Waals surface area contributed by atoms with E-state index >= 15 is 0 Å². The number of halogens is 1. The number of aromatic hydroxyl groups is 1. The fraction of sp³-hybridized carbons (Fsp3) is 0.160. The Labute approximate surface area is 185 Å². The lowest BCUT2D eigenvalue weighted by molar-refractivity contribution is -0.136. The molecule has 4 rings (SSSR count). The Morgan fingerprint density at radius 3 is 2.61 bits per heavy atom. The van der Waals surface area contributed by atoms with Gasteiger partial charge in [-0.3, -0.25) is 4.79 Å². The maximum Gasteiger partial charge on any atom is 0.309 e. The van der Waals surface area contributed by atoms with Crippen LogP contribution in [0, 0.1) is 6.92 Å². The predicted molar refractivity (Wildman–Crippen MR) is 122 cm³/mol. The van der Waals surface area contributed by atoms with Gasteiger partial charge in [-0.2, -0.15) is 0 Å². The first-order valence-electron chi connectivity index (χ1n) is 9.84.